The van der Waals surface area contributed by atoms with Crippen LogP contribution < -0.4 is 0 Å². The van der Waals surface area contributed by atoms with Crippen molar-refractivity contribution in [3.05, 3.63) is 11.9 Å². The number of carbonyl (C=O) groups excluding carboxylic acids is 1. The van der Waals surface area contributed by atoms with E-state index >= 15 is 0 Å². The van der Waals surface area contributed by atoms with Gasteiger partial charge in [0.2, 0.25) is 0 Å². The molecular formula is C6H9N3O2. The minimum absolute atomic E-state index is 0.151. The molecule has 1 heterocycles. The number of rotatable bonds is 5. The second-order valence-corrected chi connectivity index (χ2v) is 1.95. The van der Waals surface area contributed by atoms with Crippen LogP contribution >= 0.6 is 0 Å². The normalized spacial score (nSPS) is 9.82. The molecule has 0 aliphatic heterocycles. The van der Waals surface area contributed by atoms with E-state index in [0.29, 0.717) is 13.0 Å². The molecule has 1 N–H and O–H groups in total. The lowest BCUT2D eigenvalue weighted by molar-refractivity contribution is -0.111. The molecule has 0 bridgehead atoms. The Balaban J connectivity index is 2.09. The number of aromatic nitrogens is 3. The number of nitrogens with one attached hydrogen (secondary N) is 1. The number of aromatic amines is 1. The monoisotopic (exact) mass is 155 g/mol. The highest BCUT2D eigenvalue weighted by atomic mass is 16.5. The minimum atomic E-state index is 0.151. The number of hydrogen-bond acceptors (Lipinski definition) is 4. The highest BCUT2D eigenvalue weighted by Crippen LogP contribution is 1.89. The average molecular weight is 155 g/mol. The summed E-state index contributed by atoms with van der Waals surface area (Å²) in [7, 11) is 0. The van der Waals surface area contributed by atoms with Crippen LogP contribution in [0.4, 0.5) is 0 Å². The summed E-state index contributed by atoms with van der Waals surface area (Å²) in [5.41, 5.74) is 0.843. The number of ether oxygens (including phenoxy) is 1. The lowest BCUT2D eigenvalue weighted by Gasteiger charge is -1.94. The van der Waals surface area contributed by atoms with Gasteiger partial charge in [0.25, 0.3) is 0 Å². The van der Waals surface area contributed by atoms with E-state index in [1.54, 1.807) is 6.20 Å². The molecule has 1 aromatic rings. The smallest absolute Gasteiger partial charge is 0.145 e. The van der Waals surface area contributed by atoms with Gasteiger partial charge in [0, 0.05) is 6.42 Å². The molecule has 0 saturated carbocycles. The molecule has 1 rings (SSSR count). The molecule has 60 valence electrons. The molecule has 0 saturated heterocycles. The quantitative estimate of drug-likeness (QED) is 0.462. The van der Waals surface area contributed by atoms with Crippen molar-refractivity contribution in [1.29, 1.82) is 0 Å². The van der Waals surface area contributed by atoms with E-state index in [1.807, 2.05) is 0 Å². The van der Waals surface area contributed by atoms with Crippen LogP contribution in [-0.4, -0.2) is 34.9 Å². The van der Waals surface area contributed by atoms with E-state index in [2.05, 4.69) is 15.4 Å². The van der Waals surface area contributed by atoms with Crippen molar-refractivity contribution < 1.29 is 9.53 Å². The minimum Gasteiger partial charge on any atom is -0.374 e. The van der Waals surface area contributed by atoms with Crippen molar-refractivity contribution in [2.24, 2.45) is 0 Å². The second-order valence-electron chi connectivity index (χ2n) is 1.95. The van der Waals surface area contributed by atoms with Crippen molar-refractivity contribution in [2.45, 2.75) is 6.42 Å². The van der Waals surface area contributed by atoms with Gasteiger partial charge in [-0.1, -0.05) is 0 Å². The zero-order valence-electron chi connectivity index (χ0n) is 5.99. The van der Waals surface area contributed by atoms with Gasteiger partial charge in [-0.05, 0) is 0 Å². The van der Waals surface area contributed by atoms with Crippen molar-refractivity contribution in [3.63, 3.8) is 0 Å². The van der Waals surface area contributed by atoms with Crippen LogP contribution in [0.25, 0.3) is 0 Å². The summed E-state index contributed by atoms with van der Waals surface area (Å²) in [5.74, 6) is 0. The van der Waals surface area contributed by atoms with Gasteiger partial charge < -0.3 is 9.53 Å². The predicted octanol–water partition coefficient (Wildman–Crippen LogP) is -0.437. The number of carbonyl (C=O) groups is 1. The van der Waals surface area contributed by atoms with Crippen molar-refractivity contribution in [2.75, 3.05) is 13.2 Å². The molecule has 0 radical (unpaired) electrons. The predicted molar refractivity (Wildman–Crippen MR) is 37.0 cm³/mol. The Morgan fingerprint density at radius 2 is 2.64 bits per heavy atom. The lowest BCUT2D eigenvalue weighted by atomic mass is 10.3. The SMILES string of the molecule is O=CCOCCc1cn[nH]n1. The van der Waals surface area contributed by atoms with Crippen LogP contribution in [0.15, 0.2) is 6.20 Å². The molecule has 0 aliphatic carbocycles. The summed E-state index contributed by atoms with van der Waals surface area (Å²) in [5, 5.41) is 9.91. The summed E-state index contributed by atoms with van der Waals surface area (Å²) in [4.78, 5) is 9.81. The Kier molecular flexibility index (Phi) is 3.27. The summed E-state index contributed by atoms with van der Waals surface area (Å²) in [6, 6.07) is 0. The summed E-state index contributed by atoms with van der Waals surface area (Å²) in [6.07, 6.45) is 3.04. The Hall–Kier alpha value is -1.23. The zero-order valence-corrected chi connectivity index (χ0v) is 5.99. The van der Waals surface area contributed by atoms with E-state index in [0.717, 1.165) is 12.0 Å². The molecule has 0 aliphatic rings. The van der Waals surface area contributed by atoms with Gasteiger partial charge in [-0.25, -0.2) is 0 Å². The van der Waals surface area contributed by atoms with E-state index in [9.17, 15) is 4.79 Å². The van der Waals surface area contributed by atoms with Crippen molar-refractivity contribution >= 4 is 6.29 Å². The first kappa shape index (κ1) is 7.87. The Morgan fingerprint density at radius 3 is 3.27 bits per heavy atom. The third-order valence-electron chi connectivity index (χ3n) is 1.15. The highest BCUT2D eigenvalue weighted by molar-refractivity contribution is 5.50. The fraction of sp³-hybridized carbons (Fsp3) is 0.500. The molecule has 0 spiro atoms. The first-order valence-electron chi connectivity index (χ1n) is 3.29. The highest BCUT2D eigenvalue weighted by Gasteiger charge is 1.94. The van der Waals surface area contributed by atoms with Crippen LogP contribution in [0, 0.1) is 0 Å². The van der Waals surface area contributed by atoms with E-state index < -0.39 is 0 Å². The van der Waals surface area contributed by atoms with Gasteiger partial charge in [0.15, 0.2) is 0 Å². The lowest BCUT2D eigenvalue weighted by Crippen LogP contribution is -2.00. The summed E-state index contributed by atoms with van der Waals surface area (Å²) < 4.78 is 4.91. The first-order valence-corrected chi connectivity index (χ1v) is 3.29. The fourth-order valence-electron chi connectivity index (χ4n) is 0.654. The standard InChI is InChI=1S/C6H9N3O2/c10-2-4-11-3-1-6-5-7-9-8-6/h2,5H,1,3-4H2,(H,7,8,9). The van der Waals surface area contributed by atoms with Gasteiger partial charge in [-0.2, -0.15) is 15.4 Å². The number of H-pyrrole nitrogens is 1. The molecule has 0 unspecified atom stereocenters. The fourth-order valence-corrected chi connectivity index (χ4v) is 0.654. The van der Waals surface area contributed by atoms with E-state index in [1.165, 1.54) is 0 Å². The van der Waals surface area contributed by atoms with Gasteiger partial charge in [0.1, 0.15) is 12.9 Å². The average Bonchev–Trinajstić information content (AvgIpc) is 2.50. The molecule has 0 aromatic carbocycles. The van der Waals surface area contributed by atoms with Crippen LogP contribution in [0.3, 0.4) is 0 Å². The molecule has 0 amide bonds. The molecule has 5 heteroatoms. The molecular weight excluding hydrogens is 146 g/mol. The van der Waals surface area contributed by atoms with Gasteiger partial charge in [-0.3, -0.25) is 0 Å². The number of nitrogens with zero attached hydrogens (tertiary/aromatic N) is 2. The number of aldehydes is 1. The van der Waals surface area contributed by atoms with Crippen LogP contribution in [0.2, 0.25) is 0 Å². The molecule has 0 fully saturated rings. The third kappa shape index (κ3) is 2.90. The maximum atomic E-state index is 9.81. The van der Waals surface area contributed by atoms with Crippen molar-refractivity contribution in [3.8, 4) is 0 Å². The van der Waals surface area contributed by atoms with Gasteiger partial charge in [0.05, 0.1) is 18.5 Å². The van der Waals surface area contributed by atoms with Crippen LogP contribution in [-0.2, 0) is 16.0 Å². The molecule has 11 heavy (non-hydrogen) atoms. The van der Waals surface area contributed by atoms with Gasteiger partial charge in [-0.15, -0.1) is 0 Å². The molecule has 1 aromatic heterocycles. The molecule has 0 atom stereocenters. The largest absolute Gasteiger partial charge is 0.374 e. The zero-order chi connectivity index (χ0) is 7.94. The molecule has 5 nitrogen and oxygen atoms in total. The number of hydrogen-bond donors (Lipinski definition) is 1. The van der Waals surface area contributed by atoms with Gasteiger partial charge >= 0.3 is 0 Å². The van der Waals surface area contributed by atoms with E-state index in [4.69, 9.17) is 4.74 Å². The third-order valence-corrected chi connectivity index (χ3v) is 1.15. The Bertz CT molecular complexity index is 198. The topological polar surface area (TPSA) is 67.9 Å². The summed E-state index contributed by atoms with van der Waals surface area (Å²) in [6.45, 7) is 0.656. The van der Waals surface area contributed by atoms with Crippen LogP contribution in [0.1, 0.15) is 5.69 Å². The Labute approximate surface area is 63.8 Å². The van der Waals surface area contributed by atoms with Crippen molar-refractivity contribution in [1.82, 2.24) is 15.4 Å². The van der Waals surface area contributed by atoms with E-state index in [-0.39, 0.29) is 6.61 Å². The van der Waals surface area contributed by atoms with Crippen LogP contribution in [0.5, 0.6) is 0 Å². The summed E-state index contributed by atoms with van der Waals surface area (Å²) >= 11 is 0. The second kappa shape index (κ2) is 4.56. The maximum Gasteiger partial charge on any atom is 0.145 e. The maximum absolute atomic E-state index is 9.81. The first-order chi connectivity index (χ1) is 5.43. The Morgan fingerprint density at radius 1 is 1.73 bits per heavy atom.